The van der Waals surface area contributed by atoms with Crippen LogP contribution >= 0.6 is 35.0 Å². The van der Waals surface area contributed by atoms with Crippen LogP contribution in [0.3, 0.4) is 0 Å². The van der Waals surface area contributed by atoms with Crippen LogP contribution in [0, 0.1) is 5.92 Å². The molecule has 6 heteroatoms. The van der Waals surface area contributed by atoms with Crippen LogP contribution in [0.4, 0.5) is 11.4 Å². The maximum Gasteiger partial charge on any atom is 0.225 e. The Hall–Kier alpha value is -0.580. The van der Waals surface area contributed by atoms with Gasteiger partial charge in [0.05, 0.1) is 16.4 Å². The molecule has 0 aliphatic heterocycles. The van der Waals surface area contributed by atoms with Crippen molar-refractivity contribution in [3.05, 3.63) is 22.2 Å². The first-order valence-electron chi connectivity index (χ1n) is 6.47. The second-order valence-corrected chi connectivity index (χ2v) is 7.30. The van der Waals surface area contributed by atoms with Gasteiger partial charge in [-0.3, -0.25) is 4.79 Å². The van der Waals surface area contributed by atoms with Gasteiger partial charge < -0.3 is 11.1 Å². The number of nitrogens with one attached hydrogen (secondary N) is 1. The van der Waals surface area contributed by atoms with Crippen LogP contribution in [0.5, 0.6) is 0 Å². The number of anilines is 2. The summed E-state index contributed by atoms with van der Waals surface area (Å²) in [5.41, 5.74) is 6.61. The summed E-state index contributed by atoms with van der Waals surface area (Å²) < 4.78 is 0. The van der Waals surface area contributed by atoms with Gasteiger partial charge in [-0.25, -0.2) is 0 Å². The molecule has 0 spiro atoms. The van der Waals surface area contributed by atoms with E-state index in [4.69, 9.17) is 28.9 Å². The van der Waals surface area contributed by atoms with E-state index in [-0.39, 0.29) is 5.91 Å². The Morgan fingerprint density at radius 2 is 2.00 bits per heavy atom. The van der Waals surface area contributed by atoms with Crippen molar-refractivity contribution in [2.75, 3.05) is 16.8 Å². The van der Waals surface area contributed by atoms with Gasteiger partial charge in [-0.15, -0.1) is 0 Å². The molecule has 1 amide bonds. The van der Waals surface area contributed by atoms with Crippen molar-refractivity contribution in [2.24, 2.45) is 5.92 Å². The average molecular weight is 335 g/mol. The summed E-state index contributed by atoms with van der Waals surface area (Å²) in [6, 6.07) is 3.13. The topological polar surface area (TPSA) is 55.1 Å². The van der Waals surface area contributed by atoms with Crippen molar-refractivity contribution in [1.82, 2.24) is 0 Å². The van der Waals surface area contributed by atoms with Gasteiger partial charge in [-0.05, 0) is 18.1 Å². The molecule has 1 atom stereocenters. The van der Waals surface area contributed by atoms with Gasteiger partial charge in [0.15, 0.2) is 0 Å². The number of amides is 1. The van der Waals surface area contributed by atoms with E-state index in [0.29, 0.717) is 39.0 Å². The van der Waals surface area contributed by atoms with E-state index in [1.54, 1.807) is 23.9 Å². The molecule has 0 saturated heterocycles. The Morgan fingerprint density at radius 3 is 2.55 bits per heavy atom. The largest absolute Gasteiger partial charge is 0.397 e. The molecule has 0 aromatic heterocycles. The zero-order chi connectivity index (χ0) is 15.3. The van der Waals surface area contributed by atoms with Crippen LogP contribution in [0.2, 0.25) is 10.0 Å². The van der Waals surface area contributed by atoms with Crippen molar-refractivity contribution in [3.8, 4) is 0 Å². The van der Waals surface area contributed by atoms with E-state index in [1.165, 1.54) is 0 Å². The number of nitrogens with two attached hydrogens (primary N) is 1. The first-order chi connectivity index (χ1) is 9.31. The molecule has 1 aromatic rings. The number of thioether (sulfide) groups is 1. The van der Waals surface area contributed by atoms with Crippen LogP contribution in [0.1, 0.15) is 27.2 Å². The van der Waals surface area contributed by atoms with Crippen molar-refractivity contribution in [1.29, 1.82) is 0 Å². The third kappa shape index (κ3) is 5.43. The maximum absolute atomic E-state index is 11.9. The average Bonchev–Trinajstić information content (AvgIpc) is 2.33. The van der Waals surface area contributed by atoms with Gasteiger partial charge in [0.25, 0.3) is 0 Å². The molecule has 0 aliphatic rings. The molecule has 0 aliphatic carbocycles. The molecule has 0 radical (unpaired) electrons. The lowest BCUT2D eigenvalue weighted by Gasteiger charge is -2.15. The Labute approximate surface area is 134 Å². The smallest absolute Gasteiger partial charge is 0.225 e. The highest BCUT2D eigenvalue weighted by molar-refractivity contribution is 7.99. The number of hydrogen-bond acceptors (Lipinski definition) is 3. The second kappa shape index (κ2) is 8.01. The van der Waals surface area contributed by atoms with Gasteiger partial charge >= 0.3 is 0 Å². The molecule has 3 nitrogen and oxygen atoms in total. The fraction of sp³-hybridized carbons (Fsp3) is 0.500. The van der Waals surface area contributed by atoms with E-state index < -0.39 is 0 Å². The first kappa shape index (κ1) is 17.5. The normalized spacial score (nSPS) is 12.5. The minimum atomic E-state index is -0.0932. The molecule has 20 heavy (non-hydrogen) atoms. The number of benzene rings is 1. The van der Waals surface area contributed by atoms with Crippen LogP contribution in [-0.4, -0.2) is 16.9 Å². The molecule has 0 saturated carbocycles. The summed E-state index contributed by atoms with van der Waals surface area (Å²) in [7, 11) is 0. The summed E-state index contributed by atoms with van der Waals surface area (Å²) >= 11 is 13.6. The van der Waals surface area contributed by atoms with Crippen LogP contribution in [0.15, 0.2) is 12.1 Å². The second-order valence-electron chi connectivity index (χ2n) is 4.97. The number of carbonyl (C=O) groups is 1. The molecule has 1 unspecified atom stereocenters. The zero-order valence-electron chi connectivity index (χ0n) is 11.9. The summed E-state index contributed by atoms with van der Waals surface area (Å²) in [5.74, 6) is 1.28. The molecule has 1 rings (SSSR count). The highest BCUT2D eigenvalue weighted by atomic mass is 35.5. The van der Waals surface area contributed by atoms with Gasteiger partial charge in [-0.1, -0.05) is 44.0 Å². The number of carbonyl (C=O) groups excluding carboxylic acids is 1. The quantitative estimate of drug-likeness (QED) is 0.742. The minimum absolute atomic E-state index is 0.0932. The molecule has 0 heterocycles. The van der Waals surface area contributed by atoms with Crippen molar-refractivity contribution in [2.45, 2.75) is 32.4 Å². The number of halogens is 2. The van der Waals surface area contributed by atoms with Gasteiger partial charge in [0.1, 0.15) is 0 Å². The first-order valence-corrected chi connectivity index (χ1v) is 8.27. The number of hydrogen-bond donors (Lipinski definition) is 2. The lowest BCUT2D eigenvalue weighted by atomic mass is 10.2. The Balaban J connectivity index is 2.51. The monoisotopic (exact) mass is 334 g/mol. The molecule has 3 N–H and O–H groups in total. The van der Waals surface area contributed by atoms with Gasteiger partial charge in [-0.2, -0.15) is 11.8 Å². The Morgan fingerprint density at radius 1 is 1.35 bits per heavy atom. The summed E-state index contributed by atoms with van der Waals surface area (Å²) in [6.07, 6.45) is 0.431. The summed E-state index contributed by atoms with van der Waals surface area (Å²) in [4.78, 5) is 11.9. The lowest BCUT2D eigenvalue weighted by molar-refractivity contribution is -0.115. The molecule has 0 bridgehead atoms. The Kier molecular flexibility index (Phi) is 7.00. The van der Waals surface area contributed by atoms with Crippen LogP contribution < -0.4 is 11.1 Å². The SMILES string of the molecule is CC(C)C(C)SCCC(=O)Nc1c(N)cc(Cl)cc1Cl. The molecule has 0 fully saturated rings. The third-order valence-corrected chi connectivity index (χ3v) is 5.02. The van der Waals surface area contributed by atoms with Crippen molar-refractivity contribution >= 4 is 52.2 Å². The number of rotatable bonds is 6. The summed E-state index contributed by atoms with van der Waals surface area (Å²) in [6.45, 7) is 6.51. The standard InChI is InChI=1S/C14H20Cl2N2OS/c1-8(2)9(3)20-5-4-13(19)18-14-11(16)6-10(15)7-12(14)17/h6-9H,4-5,17H2,1-3H3,(H,18,19). The molecule has 112 valence electrons. The molecule has 1 aromatic carbocycles. The number of nitrogen functional groups attached to an aromatic ring is 1. The minimum Gasteiger partial charge on any atom is -0.397 e. The summed E-state index contributed by atoms with van der Waals surface area (Å²) in [5, 5.41) is 4.08. The lowest BCUT2D eigenvalue weighted by Crippen LogP contribution is -2.15. The molecular weight excluding hydrogens is 315 g/mol. The van der Waals surface area contributed by atoms with Crippen molar-refractivity contribution in [3.63, 3.8) is 0 Å². The zero-order valence-corrected chi connectivity index (χ0v) is 14.2. The van der Waals surface area contributed by atoms with E-state index >= 15 is 0 Å². The fourth-order valence-electron chi connectivity index (χ4n) is 1.46. The van der Waals surface area contributed by atoms with Crippen molar-refractivity contribution < 1.29 is 4.79 Å². The maximum atomic E-state index is 11.9. The third-order valence-electron chi connectivity index (χ3n) is 3.00. The highest BCUT2D eigenvalue weighted by Gasteiger charge is 2.12. The van der Waals surface area contributed by atoms with E-state index in [1.807, 2.05) is 0 Å². The highest BCUT2D eigenvalue weighted by Crippen LogP contribution is 2.32. The van der Waals surface area contributed by atoms with Gasteiger partial charge in [0.2, 0.25) is 5.91 Å². The molecular formula is C14H20Cl2N2OS. The van der Waals surface area contributed by atoms with E-state index in [0.717, 1.165) is 5.75 Å². The van der Waals surface area contributed by atoms with Crippen LogP contribution in [-0.2, 0) is 4.79 Å². The van der Waals surface area contributed by atoms with E-state index in [9.17, 15) is 4.79 Å². The fourth-order valence-corrected chi connectivity index (χ4v) is 3.07. The Bertz CT molecular complexity index is 457. The predicted octanol–water partition coefficient (Wildman–Crippen LogP) is 4.68. The van der Waals surface area contributed by atoms with Gasteiger partial charge in [0, 0.05) is 22.4 Å². The predicted molar refractivity (Wildman–Crippen MR) is 90.9 cm³/mol. The van der Waals surface area contributed by atoms with E-state index in [2.05, 4.69) is 26.1 Å². The van der Waals surface area contributed by atoms with Crippen LogP contribution in [0.25, 0.3) is 0 Å².